The highest BCUT2D eigenvalue weighted by atomic mass is 28.4. The first kappa shape index (κ1) is 28.5. The van der Waals surface area contributed by atoms with E-state index in [0.29, 0.717) is 31.6 Å². The Morgan fingerprint density at radius 3 is 2.21 bits per heavy atom. The van der Waals surface area contributed by atoms with Crippen LogP contribution in [-0.4, -0.2) is 69.9 Å². The second-order valence-electron chi connectivity index (χ2n) is 11.5. The van der Waals surface area contributed by atoms with E-state index in [2.05, 4.69) is 37.5 Å². The van der Waals surface area contributed by atoms with Crippen LogP contribution in [0.4, 0.5) is 26.7 Å². The smallest absolute Gasteiger partial charge is 0.411 e. The molecule has 4 aliphatic heterocycles. The second-order valence-corrected chi connectivity index (χ2v) is 16.2. The number of nitrogens with one attached hydrogen (secondary N) is 2. The number of rotatable bonds is 7. The third-order valence-electron chi connectivity index (χ3n) is 9.93. The molecular formula is C30H40N6O5Si. The molecule has 4 heterocycles. The summed E-state index contributed by atoms with van der Waals surface area (Å²) in [6, 6.07) is 17.0. The molecule has 2 unspecified atom stereocenters. The van der Waals surface area contributed by atoms with Crippen molar-refractivity contribution in [2.75, 3.05) is 37.9 Å². The molecule has 2 N–H and O–H groups in total. The average Bonchev–Trinajstić information content (AvgIpc) is 3.74. The summed E-state index contributed by atoms with van der Waals surface area (Å²) >= 11 is 0. The summed E-state index contributed by atoms with van der Waals surface area (Å²) in [4.78, 5) is 29.0. The molecule has 0 aliphatic carbocycles. The number of carbonyl (C=O) groups excluding carboxylic acids is 2. The van der Waals surface area contributed by atoms with Crippen LogP contribution in [0.5, 0.6) is 0 Å². The van der Waals surface area contributed by atoms with Crippen LogP contribution in [0.15, 0.2) is 52.7 Å². The van der Waals surface area contributed by atoms with Crippen molar-refractivity contribution in [2.24, 2.45) is 10.2 Å². The number of nitrogens with zero attached hydrogens (tertiary/aromatic N) is 4. The van der Waals surface area contributed by atoms with Crippen LogP contribution in [0.1, 0.15) is 44.7 Å². The van der Waals surface area contributed by atoms with Crippen LogP contribution in [-0.2, 0) is 25.0 Å². The number of ether oxygens (including phenoxy) is 2. The number of methoxy groups -OCH3 is 2. The maximum Gasteiger partial charge on any atom is 0.411 e. The molecule has 11 nitrogen and oxygen atoms in total. The Balaban J connectivity index is 1.43. The summed E-state index contributed by atoms with van der Waals surface area (Å²) in [5.41, 5.74) is 2.97. The number of benzene rings is 2. The lowest BCUT2D eigenvalue weighted by Crippen LogP contribution is -2.52. The highest BCUT2D eigenvalue weighted by Gasteiger charge is 2.60. The molecule has 4 atom stereocenters. The number of hydrogen-bond acceptors (Lipinski definition) is 9. The van der Waals surface area contributed by atoms with Crippen LogP contribution < -0.4 is 10.6 Å². The Morgan fingerprint density at radius 1 is 0.881 bits per heavy atom. The Morgan fingerprint density at radius 2 is 1.52 bits per heavy atom. The molecular weight excluding hydrogens is 552 g/mol. The van der Waals surface area contributed by atoms with Gasteiger partial charge < -0.3 is 24.5 Å². The lowest BCUT2D eigenvalue weighted by molar-refractivity contribution is 0.0324. The monoisotopic (exact) mass is 592 g/mol. The van der Waals surface area contributed by atoms with Crippen LogP contribution in [0.25, 0.3) is 0 Å². The molecule has 2 aromatic carbocycles. The first-order chi connectivity index (χ1) is 20.3. The molecule has 4 aliphatic rings. The fraction of sp³-hybridized carbons (Fsp3) is 0.533. The number of anilines is 2. The van der Waals surface area contributed by atoms with Crippen molar-refractivity contribution in [2.45, 2.75) is 75.2 Å². The van der Waals surface area contributed by atoms with Crippen LogP contribution >= 0.6 is 0 Å². The molecule has 2 aromatic rings. The maximum atomic E-state index is 12.9. The van der Waals surface area contributed by atoms with Crippen molar-refractivity contribution >= 4 is 37.6 Å². The fourth-order valence-corrected chi connectivity index (χ4v) is 10.4. The van der Waals surface area contributed by atoms with Gasteiger partial charge in [-0.05, 0) is 30.3 Å². The zero-order chi connectivity index (χ0) is 29.7. The van der Waals surface area contributed by atoms with Crippen molar-refractivity contribution in [3.63, 3.8) is 0 Å². The van der Waals surface area contributed by atoms with Crippen LogP contribution in [0.3, 0.4) is 0 Å². The van der Waals surface area contributed by atoms with Gasteiger partial charge in [-0.2, -0.15) is 10.2 Å². The Labute approximate surface area is 247 Å². The first-order valence-electron chi connectivity index (χ1n) is 14.9. The van der Waals surface area contributed by atoms with Gasteiger partial charge in [0, 0.05) is 42.7 Å². The number of para-hydroxylation sites is 2. The van der Waals surface area contributed by atoms with E-state index in [1.165, 1.54) is 14.2 Å². The van der Waals surface area contributed by atoms with Gasteiger partial charge in [-0.1, -0.05) is 51.1 Å². The Kier molecular flexibility index (Phi) is 7.16. The van der Waals surface area contributed by atoms with E-state index >= 15 is 0 Å². The lowest BCUT2D eigenvalue weighted by Gasteiger charge is -2.41. The van der Waals surface area contributed by atoms with Gasteiger partial charge in [-0.25, -0.2) is 9.59 Å². The molecule has 0 spiro atoms. The lowest BCUT2D eigenvalue weighted by atomic mass is 9.90. The molecule has 0 bridgehead atoms. The largest absolute Gasteiger partial charge is 0.453 e. The topological polar surface area (TPSA) is 117 Å². The molecule has 0 radical (unpaired) electrons. The molecule has 2 fully saturated rings. The van der Waals surface area contributed by atoms with E-state index < -0.39 is 37.9 Å². The van der Waals surface area contributed by atoms with Crippen LogP contribution in [0.2, 0.25) is 18.1 Å². The molecule has 6 rings (SSSR count). The summed E-state index contributed by atoms with van der Waals surface area (Å²) in [6.07, 6.45) is -0.329. The zero-order valence-electron chi connectivity index (χ0n) is 25.0. The molecule has 0 aromatic heterocycles. The molecule has 42 heavy (non-hydrogen) atoms. The second kappa shape index (κ2) is 10.6. The average molecular weight is 593 g/mol. The van der Waals surface area contributed by atoms with Gasteiger partial charge in [-0.15, -0.1) is 0 Å². The van der Waals surface area contributed by atoms with Crippen molar-refractivity contribution in [3.05, 3.63) is 53.6 Å². The quantitative estimate of drug-likeness (QED) is 0.285. The van der Waals surface area contributed by atoms with Crippen molar-refractivity contribution in [1.29, 1.82) is 0 Å². The minimum absolute atomic E-state index is 0.380. The normalized spacial score (nSPS) is 27.3. The van der Waals surface area contributed by atoms with Gasteiger partial charge in [0.25, 0.3) is 0 Å². The summed E-state index contributed by atoms with van der Waals surface area (Å²) in [7, 11) is 0.718. The van der Waals surface area contributed by atoms with E-state index in [-0.39, 0.29) is 6.09 Å². The Bertz CT molecular complexity index is 1410. The molecule has 2 amide bonds. The van der Waals surface area contributed by atoms with Gasteiger partial charge in [0.05, 0.1) is 19.9 Å². The standard InChI is InChI=1S/C30H40N6O5Si/c1-6-42(7-2,8-3)41-30-17-19-36(28(38)40-5)26(30)32-24-21(30)13-11-15-23(24)33-34-29-16-18-35(27(37)39-4)25(29)31-22-14-10-9-12-20(22)29/h9-15,25-26,31-32H,6-8,16-19H2,1-5H3/b34-33+/t25?,26?,29-,30-/m0/s1. The number of amides is 2. The minimum Gasteiger partial charge on any atom is -0.453 e. The van der Waals surface area contributed by atoms with Crippen molar-refractivity contribution in [3.8, 4) is 0 Å². The predicted molar refractivity (Wildman–Crippen MR) is 161 cm³/mol. The number of carbonyl (C=O) groups is 2. The number of fused-ring (bicyclic) bond motifs is 6. The summed E-state index contributed by atoms with van der Waals surface area (Å²) in [5.74, 6) is 0. The highest BCUT2D eigenvalue weighted by Crippen LogP contribution is 2.55. The first-order valence-corrected chi connectivity index (χ1v) is 17.4. The summed E-state index contributed by atoms with van der Waals surface area (Å²) in [5, 5.41) is 17.0. The summed E-state index contributed by atoms with van der Waals surface area (Å²) in [6.45, 7) is 7.68. The van der Waals surface area contributed by atoms with Crippen LogP contribution in [0, 0.1) is 0 Å². The third-order valence-corrected chi connectivity index (χ3v) is 14.6. The van der Waals surface area contributed by atoms with E-state index in [4.69, 9.17) is 24.1 Å². The zero-order valence-corrected chi connectivity index (χ0v) is 26.0. The number of likely N-dealkylation sites (tertiary alicyclic amines) is 2. The molecule has 12 heteroatoms. The SMILES string of the molecule is CC[Si](CC)(CC)O[C@]12CCN(C(=O)OC)C1Nc1c(/N=N/[C@]34CCN(C(=O)OC)C3Nc3ccccc34)cccc12. The number of hydrogen-bond donors (Lipinski definition) is 2. The Hall–Kier alpha value is -3.64. The summed E-state index contributed by atoms with van der Waals surface area (Å²) < 4.78 is 17.5. The van der Waals surface area contributed by atoms with E-state index in [1.807, 2.05) is 36.4 Å². The minimum atomic E-state index is -2.09. The molecule has 224 valence electrons. The van der Waals surface area contributed by atoms with Gasteiger partial charge in [-0.3, -0.25) is 9.80 Å². The van der Waals surface area contributed by atoms with Crippen molar-refractivity contribution < 1.29 is 23.5 Å². The van der Waals surface area contributed by atoms with Gasteiger partial charge in [0.1, 0.15) is 29.2 Å². The molecule has 0 saturated carbocycles. The maximum absolute atomic E-state index is 12.9. The van der Waals surface area contributed by atoms with Gasteiger partial charge >= 0.3 is 12.2 Å². The van der Waals surface area contributed by atoms with E-state index in [0.717, 1.165) is 40.6 Å². The van der Waals surface area contributed by atoms with E-state index in [9.17, 15) is 9.59 Å². The van der Waals surface area contributed by atoms with E-state index in [1.54, 1.807) is 9.80 Å². The molecule has 2 saturated heterocycles. The predicted octanol–water partition coefficient (Wildman–Crippen LogP) is 6.33. The van der Waals surface area contributed by atoms with Crippen molar-refractivity contribution in [1.82, 2.24) is 9.80 Å². The third kappa shape index (κ3) is 4.02. The fourth-order valence-electron chi connectivity index (χ4n) is 7.42. The van der Waals surface area contributed by atoms with Gasteiger partial charge in [0.2, 0.25) is 0 Å². The highest BCUT2D eigenvalue weighted by molar-refractivity contribution is 6.73. The van der Waals surface area contributed by atoms with Gasteiger partial charge in [0.15, 0.2) is 8.32 Å². The number of azo groups is 1.